The Morgan fingerprint density at radius 1 is 0.926 bits per heavy atom. The second-order valence-electron chi connectivity index (χ2n) is 6.47. The summed E-state index contributed by atoms with van der Waals surface area (Å²) in [5.74, 6) is -0.000495. The minimum absolute atomic E-state index is 0.0573. The molecule has 1 atom stereocenters. The third kappa shape index (κ3) is 3.81. The van der Waals surface area contributed by atoms with Crippen LogP contribution in [0.2, 0.25) is 0 Å². The fourth-order valence-electron chi connectivity index (χ4n) is 3.37. The summed E-state index contributed by atoms with van der Waals surface area (Å²) in [7, 11) is 0. The summed E-state index contributed by atoms with van der Waals surface area (Å²) >= 11 is 3.50. The quantitative estimate of drug-likeness (QED) is 0.441. The van der Waals surface area contributed by atoms with Crippen LogP contribution in [0.1, 0.15) is 27.4 Å². The number of carbonyl (C=O) groups is 1. The molecule has 1 heterocycles. The van der Waals surface area contributed by atoms with Crippen molar-refractivity contribution in [3.8, 4) is 0 Å². The highest BCUT2D eigenvalue weighted by atomic mass is 79.9. The second kappa shape index (κ2) is 7.80. The second-order valence-corrected chi connectivity index (χ2v) is 7.39. The summed E-state index contributed by atoms with van der Waals surface area (Å²) in [5.41, 5.74) is 4.12. The number of halogens is 1. The predicted molar refractivity (Wildman–Crippen MR) is 113 cm³/mol. The molecule has 3 nitrogen and oxygen atoms in total. The van der Waals surface area contributed by atoms with Crippen LogP contribution in [0, 0.1) is 0 Å². The number of fused-ring (bicyclic) bond motifs is 1. The summed E-state index contributed by atoms with van der Waals surface area (Å²) in [6.07, 6.45) is 2.05. The van der Waals surface area contributed by atoms with E-state index in [1.807, 2.05) is 60.8 Å². The van der Waals surface area contributed by atoms with Gasteiger partial charge in [-0.15, -0.1) is 0 Å². The van der Waals surface area contributed by atoms with E-state index in [-0.39, 0.29) is 11.8 Å². The lowest BCUT2D eigenvalue weighted by Gasteiger charge is -2.18. The predicted octanol–water partition coefficient (Wildman–Crippen LogP) is 5.49. The van der Waals surface area contributed by atoms with E-state index >= 15 is 0 Å². The Morgan fingerprint density at radius 3 is 2.41 bits per heavy atom. The van der Waals surface area contributed by atoms with Gasteiger partial charge in [0.1, 0.15) is 0 Å². The summed E-state index contributed by atoms with van der Waals surface area (Å²) in [5, 5.41) is 4.28. The Morgan fingerprint density at radius 2 is 1.63 bits per heavy atom. The number of carbonyl (C=O) groups excluding carboxylic acids is 1. The Bertz CT molecular complexity index is 1050. The molecule has 0 aliphatic carbocycles. The highest BCUT2D eigenvalue weighted by molar-refractivity contribution is 9.10. The molecule has 1 amide bonds. The average Bonchev–Trinajstić information content (AvgIpc) is 3.14. The number of aromatic amines is 1. The number of aromatic nitrogens is 1. The van der Waals surface area contributed by atoms with Gasteiger partial charge in [0.05, 0.1) is 0 Å². The van der Waals surface area contributed by atoms with Crippen molar-refractivity contribution < 1.29 is 4.79 Å². The first-order chi connectivity index (χ1) is 13.2. The fourth-order valence-corrected chi connectivity index (χ4v) is 3.64. The highest BCUT2D eigenvalue weighted by Gasteiger charge is 2.19. The average molecular weight is 419 g/mol. The molecule has 0 spiro atoms. The molecule has 27 heavy (non-hydrogen) atoms. The third-order valence-corrected chi connectivity index (χ3v) is 5.30. The number of hydrogen-bond acceptors (Lipinski definition) is 1. The van der Waals surface area contributed by atoms with Gasteiger partial charge in [-0.25, -0.2) is 0 Å². The molecule has 0 bridgehead atoms. The van der Waals surface area contributed by atoms with Crippen LogP contribution in [0.5, 0.6) is 0 Å². The minimum atomic E-state index is -0.0578. The zero-order chi connectivity index (χ0) is 18.6. The number of para-hydroxylation sites is 1. The van der Waals surface area contributed by atoms with Crippen LogP contribution >= 0.6 is 15.9 Å². The van der Waals surface area contributed by atoms with Crippen molar-refractivity contribution in [1.82, 2.24) is 10.3 Å². The number of rotatable bonds is 5. The van der Waals surface area contributed by atoms with E-state index in [2.05, 4.69) is 50.5 Å². The van der Waals surface area contributed by atoms with Gasteiger partial charge in [-0.2, -0.15) is 0 Å². The monoisotopic (exact) mass is 418 g/mol. The Labute approximate surface area is 166 Å². The molecule has 1 unspecified atom stereocenters. The van der Waals surface area contributed by atoms with E-state index in [4.69, 9.17) is 0 Å². The van der Waals surface area contributed by atoms with Crippen LogP contribution in [0.15, 0.2) is 89.5 Å². The number of amides is 1. The van der Waals surface area contributed by atoms with Crippen molar-refractivity contribution in [2.75, 3.05) is 6.54 Å². The van der Waals surface area contributed by atoms with E-state index in [1.54, 1.807) is 0 Å². The Kier molecular flexibility index (Phi) is 5.07. The van der Waals surface area contributed by atoms with Crippen molar-refractivity contribution >= 4 is 32.7 Å². The normalized spacial score (nSPS) is 12.0. The first-order valence-electron chi connectivity index (χ1n) is 8.87. The van der Waals surface area contributed by atoms with E-state index in [9.17, 15) is 4.79 Å². The molecule has 2 N–H and O–H groups in total. The maximum atomic E-state index is 12.5. The fraction of sp³-hybridized carbons (Fsp3) is 0.0870. The van der Waals surface area contributed by atoms with Gasteiger partial charge in [-0.05, 0) is 41.5 Å². The van der Waals surface area contributed by atoms with Gasteiger partial charge in [-0.3, -0.25) is 4.79 Å². The maximum Gasteiger partial charge on any atom is 0.251 e. The van der Waals surface area contributed by atoms with Gasteiger partial charge in [0.15, 0.2) is 0 Å². The molecule has 0 radical (unpaired) electrons. The lowest BCUT2D eigenvalue weighted by molar-refractivity contribution is 0.0952. The lowest BCUT2D eigenvalue weighted by Crippen LogP contribution is -2.28. The molecule has 0 fully saturated rings. The molecular weight excluding hydrogens is 400 g/mol. The topological polar surface area (TPSA) is 44.9 Å². The molecule has 0 saturated carbocycles. The van der Waals surface area contributed by atoms with Crippen molar-refractivity contribution in [1.29, 1.82) is 0 Å². The van der Waals surface area contributed by atoms with Crippen LogP contribution in [0.4, 0.5) is 0 Å². The standard InChI is InChI=1S/C23H19BrN2O/c24-18-12-10-16(11-13-18)20(14-26-23(27)17-6-2-1-3-7-17)21-15-25-22-9-5-4-8-19(21)22/h1-13,15,20,25H,14H2,(H,26,27). The van der Waals surface area contributed by atoms with E-state index in [0.29, 0.717) is 12.1 Å². The largest absolute Gasteiger partial charge is 0.361 e. The maximum absolute atomic E-state index is 12.5. The Balaban J connectivity index is 1.66. The molecule has 0 aliphatic heterocycles. The molecule has 4 heteroatoms. The first kappa shape index (κ1) is 17.6. The number of nitrogens with one attached hydrogen (secondary N) is 2. The molecule has 4 rings (SSSR count). The first-order valence-corrected chi connectivity index (χ1v) is 9.66. The summed E-state index contributed by atoms with van der Waals surface area (Å²) in [4.78, 5) is 15.9. The number of H-pyrrole nitrogens is 1. The summed E-state index contributed by atoms with van der Waals surface area (Å²) < 4.78 is 1.04. The van der Waals surface area contributed by atoms with Crippen molar-refractivity contribution in [2.24, 2.45) is 0 Å². The zero-order valence-corrected chi connectivity index (χ0v) is 16.2. The minimum Gasteiger partial charge on any atom is -0.361 e. The lowest BCUT2D eigenvalue weighted by atomic mass is 9.91. The third-order valence-electron chi connectivity index (χ3n) is 4.77. The Hall–Kier alpha value is -2.85. The molecular formula is C23H19BrN2O. The summed E-state index contributed by atoms with van der Waals surface area (Å²) in [6, 6.07) is 25.9. The molecule has 0 aliphatic rings. The van der Waals surface area contributed by atoms with E-state index in [0.717, 1.165) is 15.6 Å². The number of hydrogen-bond donors (Lipinski definition) is 2. The van der Waals surface area contributed by atoms with Crippen molar-refractivity contribution in [2.45, 2.75) is 5.92 Å². The van der Waals surface area contributed by atoms with Crippen molar-refractivity contribution in [3.63, 3.8) is 0 Å². The summed E-state index contributed by atoms with van der Waals surface area (Å²) in [6.45, 7) is 0.525. The van der Waals surface area contributed by atoms with Crippen LogP contribution in [0.25, 0.3) is 10.9 Å². The zero-order valence-electron chi connectivity index (χ0n) is 14.7. The molecule has 3 aromatic carbocycles. The van der Waals surface area contributed by atoms with Gasteiger partial charge in [0, 0.05) is 39.6 Å². The van der Waals surface area contributed by atoms with Gasteiger partial charge < -0.3 is 10.3 Å². The van der Waals surface area contributed by atoms with Crippen LogP contribution in [-0.2, 0) is 0 Å². The van der Waals surface area contributed by atoms with E-state index in [1.165, 1.54) is 10.9 Å². The van der Waals surface area contributed by atoms with Gasteiger partial charge in [0.2, 0.25) is 0 Å². The van der Waals surface area contributed by atoms with Gasteiger partial charge in [0.25, 0.3) is 5.91 Å². The number of benzene rings is 3. The van der Waals surface area contributed by atoms with Gasteiger partial charge in [-0.1, -0.05) is 64.5 Å². The highest BCUT2D eigenvalue weighted by Crippen LogP contribution is 2.31. The molecule has 4 aromatic rings. The van der Waals surface area contributed by atoms with E-state index < -0.39 is 0 Å². The van der Waals surface area contributed by atoms with Crippen LogP contribution in [0.3, 0.4) is 0 Å². The van der Waals surface area contributed by atoms with Crippen molar-refractivity contribution in [3.05, 3.63) is 106 Å². The van der Waals surface area contributed by atoms with Gasteiger partial charge >= 0.3 is 0 Å². The SMILES string of the molecule is O=C(NCC(c1ccc(Br)cc1)c1c[nH]c2ccccc12)c1ccccc1. The molecule has 0 saturated heterocycles. The van der Waals surface area contributed by atoms with Crippen LogP contribution < -0.4 is 5.32 Å². The van der Waals surface area contributed by atoms with Crippen LogP contribution in [-0.4, -0.2) is 17.4 Å². The smallest absolute Gasteiger partial charge is 0.251 e. The molecule has 134 valence electrons. The molecule has 1 aromatic heterocycles.